The SMILES string of the molecule is Nc1nc2ccc(F)cc2n1-c1cccc2c1CCCC2. The van der Waals surface area contributed by atoms with E-state index in [4.69, 9.17) is 5.73 Å². The van der Waals surface area contributed by atoms with Crippen LogP contribution >= 0.6 is 0 Å². The predicted octanol–water partition coefficient (Wildman–Crippen LogP) is 3.63. The molecule has 2 aromatic carbocycles. The van der Waals surface area contributed by atoms with Gasteiger partial charge in [-0.1, -0.05) is 12.1 Å². The summed E-state index contributed by atoms with van der Waals surface area (Å²) < 4.78 is 15.5. The average molecular weight is 281 g/mol. The third-order valence-corrected chi connectivity index (χ3v) is 4.25. The van der Waals surface area contributed by atoms with Crippen LogP contribution in [0.2, 0.25) is 0 Å². The predicted molar refractivity (Wildman–Crippen MR) is 82.1 cm³/mol. The van der Waals surface area contributed by atoms with E-state index in [1.165, 1.54) is 36.1 Å². The number of rotatable bonds is 1. The highest BCUT2D eigenvalue weighted by atomic mass is 19.1. The Balaban J connectivity index is 2.03. The lowest BCUT2D eigenvalue weighted by Crippen LogP contribution is -2.10. The molecule has 4 heteroatoms. The normalized spacial score (nSPS) is 14.3. The fourth-order valence-electron chi connectivity index (χ4n) is 3.29. The lowest BCUT2D eigenvalue weighted by Gasteiger charge is -2.20. The zero-order chi connectivity index (χ0) is 14.4. The Morgan fingerprint density at radius 1 is 1.10 bits per heavy atom. The van der Waals surface area contributed by atoms with Crippen molar-refractivity contribution >= 4 is 17.0 Å². The molecule has 106 valence electrons. The number of halogens is 1. The van der Waals surface area contributed by atoms with Crippen LogP contribution in [0.25, 0.3) is 16.7 Å². The minimum atomic E-state index is -0.270. The molecule has 0 saturated carbocycles. The van der Waals surface area contributed by atoms with Crippen molar-refractivity contribution in [2.75, 3.05) is 5.73 Å². The van der Waals surface area contributed by atoms with Gasteiger partial charge in [0, 0.05) is 6.07 Å². The molecular weight excluding hydrogens is 265 g/mol. The quantitative estimate of drug-likeness (QED) is 0.740. The van der Waals surface area contributed by atoms with E-state index in [1.807, 2.05) is 16.7 Å². The van der Waals surface area contributed by atoms with E-state index in [2.05, 4.69) is 11.1 Å². The minimum absolute atomic E-state index is 0.270. The maximum atomic E-state index is 13.6. The number of nitrogen functional groups attached to an aromatic ring is 1. The van der Waals surface area contributed by atoms with Crippen molar-refractivity contribution in [3.05, 3.63) is 53.3 Å². The third-order valence-electron chi connectivity index (χ3n) is 4.25. The summed E-state index contributed by atoms with van der Waals surface area (Å²) in [5.41, 5.74) is 11.3. The van der Waals surface area contributed by atoms with E-state index in [1.54, 1.807) is 6.07 Å². The van der Waals surface area contributed by atoms with Gasteiger partial charge >= 0.3 is 0 Å². The Hall–Kier alpha value is -2.36. The molecule has 0 spiro atoms. The van der Waals surface area contributed by atoms with Crippen molar-refractivity contribution in [1.82, 2.24) is 9.55 Å². The number of hydrogen-bond acceptors (Lipinski definition) is 2. The van der Waals surface area contributed by atoms with Gasteiger partial charge in [-0.2, -0.15) is 0 Å². The average Bonchev–Trinajstić information content (AvgIpc) is 2.82. The molecule has 0 bridgehead atoms. The summed E-state index contributed by atoms with van der Waals surface area (Å²) in [4.78, 5) is 4.35. The Morgan fingerprint density at radius 3 is 2.86 bits per heavy atom. The van der Waals surface area contributed by atoms with Crippen LogP contribution in [0.3, 0.4) is 0 Å². The summed E-state index contributed by atoms with van der Waals surface area (Å²) in [6.07, 6.45) is 4.56. The van der Waals surface area contributed by atoms with Gasteiger partial charge in [0.1, 0.15) is 5.82 Å². The summed E-state index contributed by atoms with van der Waals surface area (Å²) >= 11 is 0. The smallest absolute Gasteiger partial charge is 0.205 e. The van der Waals surface area contributed by atoms with Crippen LogP contribution in [0.15, 0.2) is 36.4 Å². The molecule has 1 aromatic heterocycles. The summed E-state index contributed by atoms with van der Waals surface area (Å²) in [6, 6.07) is 10.9. The highest BCUT2D eigenvalue weighted by molar-refractivity contribution is 5.81. The molecule has 0 fully saturated rings. The van der Waals surface area contributed by atoms with E-state index in [0.29, 0.717) is 5.95 Å². The molecule has 0 aliphatic heterocycles. The van der Waals surface area contributed by atoms with Crippen LogP contribution in [-0.4, -0.2) is 9.55 Å². The van der Waals surface area contributed by atoms with Crippen LogP contribution in [0.1, 0.15) is 24.0 Å². The maximum absolute atomic E-state index is 13.6. The molecule has 0 atom stereocenters. The Labute approximate surface area is 122 Å². The molecule has 0 radical (unpaired) electrons. The van der Waals surface area contributed by atoms with Crippen molar-refractivity contribution in [2.45, 2.75) is 25.7 Å². The van der Waals surface area contributed by atoms with E-state index < -0.39 is 0 Å². The van der Waals surface area contributed by atoms with E-state index in [9.17, 15) is 4.39 Å². The first kappa shape index (κ1) is 12.4. The standard InChI is InChI=1S/C17H16FN3/c18-12-8-9-14-16(10-12)21(17(19)20-14)15-7-3-5-11-4-1-2-6-13(11)15/h3,5,7-10H,1-2,4,6H2,(H2,19,20). The zero-order valence-electron chi connectivity index (χ0n) is 11.6. The first-order valence-corrected chi connectivity index (χ1v) is 7.28. The van der Waals surface area contributed by atoms with Gasteiger partial charge in [-0.15, -0.1) is 0 Å². The molecule has 1 aliphatic carbocycles. The molecule has 2 N–H and O–H groups in total. The summed E-state index contributed by atoms with van der Waals surface area (Å²) in [7, 11) is 0. The number of nitrogens with zero attached hydrogens (tertiary/aromatic N) is 2. The van der Waals surface area contributed by atoms with Gasteiger partial charge < -0.3 is 5.73 Å². The highest BCUT2D eigenvalue weighted by Gasteiger charge is 2.18. The van der Waals surface area contributed by atoms with Crippen LogP contribution in [0.5, 0.6) is 0 Å². The topological polar surface area (TPSA) is 43.8 Å². The second kappa shape index (κ2) is 4.58. The summed E-state index contributed by atoms with van der Waals surface area (Å²) in [5, 5.41) is 0. The van der Waals surface area contributed by atoms with Crippen molar-refractivity contribution in [3.8, 4) is 5.69 Å². The lowest BCUT2D eigenvalue weighted by atomic mass is 9.90. The molecule has 3 aromatic rings. The van der Waals surface area contributed by atoms with Crippen LogP contribution in [0, 0.1) is 5.82 Å². The molecular formula is C17H16FN3. The first-order chi connectivity index (χ1) is 10.2. The second-order valence-corrected chi connectivity index (χ2v) is 5.56. The summed E-state index contributed by atoms with van der Waals surface area (Å²) in [5.74, 6) is 0.142. The van der Waals surface area contributed by atoms with Gasteiger partial charge in [-0.25, -0.2) is 9.37 Å². The fourth-order valence-corrected chi connectivity index (χ4v) is 3.29. The zero-order valence-corrected chi connectivity index (χ0v) is 11.6. The van der Waals surface area contributed by atoms with Crippen LogP contribution in [0.4, 0.5) is 10.3 Å². The van der Waals surface area contributed by atoms with Crippen LogP contribution < -0.4 is 5.73 Å². The number of benzene rings is 2. The highest BCUT2D eigenvalue weighted by Crippen LogP contribution is 2.31. The number of imidazole rings is 1. The number of fused-ring (bicyclic) bond motifs is 2. The molecule has 21 heavy (non-hydrogen) atoms. The Morgan fingerprint density at radius 2 is 1.95 bits per heavy atom. The summed E-state index contributed by atoms with van der Waals surface area (Å²) in [6.45, 7) is 0. The van der Waals surface area contributed by atoms with Crippen molar-refractivity contribution in [1.29, 1.82) is 0 Å². The lowest BCUT2D eigenvalue weighted by molar-refractivity contribution is 0.629. The van der Waals surface area contributed by atoms with Gasteiger partial charge in [-0.3, -0.25) is 4.57 Å². The van der Waals surface area contributed by atoms with Gasteiger partial charge in [0.25, 0.3) is 0 Å². The second-order valence-electron chi connectivity index (χ2n) is 5.56. The molecule has 0 unspecified atom stereocenters. The van der Waals surface area contributed by atoms with Gasteiger partial charge in [0.05, 0.1) is 16.7 Å². The number of aryl methyl sites for hydroxylation is 1. The number of aromatic nitrogens is 2. The number of nitrogens with two attached hydrogens (primary N) is 1. The molecule has 0 amide bonds. The van der Waals surface area contributed by atoms with E-state index >= 15 is 0 Å². The van der Waals surface area contributed by atoms with Gasteiger partial charge in [0.15, 0.2) is 0 Å². The first-order valence-electron chi connectivity index (χ1n) is 7.28. The molecule has 1 heterocycles. The van der Waals surface area contributed by atoms with Gasteiger partial charge in [0.2, 0.25) is 5.95 Å². The van der Waals surface area contributed by atoms with E-state index in [0.717, 1.165) is 29.6 Å². The number of anilines is 1. The van der Waals surface area contributed by atoms with Crippen molar-refractivity contribution in [3.63, 3.8) is 0 Å². The molecule has 1 aliphatic rings. The molecule has 0 saturated heterocycles. The minimum Gasteiger partial charge on any atom is -0.369 e. The van der Waals surface area contributed by atoms with Crippen molar-refractivity contribution < 1.29 is 4.39 Å². The number of hydrogen-bond donors (Lipinski definition) is 1. The Bertz CT molecular complexity index is 835. The van der Waals surface area contributed by atoms with Gasteiger partial charge in [-0.05, 0) is 55.0 Å². The third kappa shape index (κ3) is 1.90. The maximum Gasteiger partial charge on any atom is 0.205 e. The molecule has 3 nitrogen and oxygen atoms in total. The molecule has 4 rings (SSSR count). The largest absolute Gasteiger partial charge is 0.369 e. The monoisotopic (exact) mass is 281 g/mol. The fraction of sp³-hybridized carbons (Fsp3) is 0.235. The van der Waals surface area contributed by atoms with Crippen molar-refractivity contribution in [2.24, 2.45) is 0 Å². The van der Waals surface area contributed by atoms with Crippen LogP contribution in [-0.2, 0) is 12.8 Å². The van der Waals surface area contributed by atoms with E-state index in [-0.39, 0.29) is 5.82 Å². The Kier molecular flexibility index (Phi) is 2.70.